The number of carbonyl (C=O) groups excluding carboxylic acids is 10. The number of carbonyl (C=O) groups is 10. The van der Waals surface area contributed by atoms with Crippen molar-refractivity contribution in [3.8, 4) is 0 Å². The molecule has 7 atom stereocenters. The van der Waals surface area contributed by atoms with Crippen molar-refractivity contribution in [3.05, 3.63) is 71.9 Å². The summed E-state index contributed by atoms with van der Waals surface area (Å²) in [6, 6.07) is 6.13. The summed E-state index contributed by atoms with van der Waals surface area (Å²) in [4.78, 5) is 148. The van der Waals surface area contributed by atoms with Crippen LogP contribution in [0.15, 0.2) is 70.8 Å². The molecule has 4 rings (SSSR count). The van der Waals surface area contributed by atoms with Gasteiger partial charge in [-0.15, -0.1) is 0 Å². The number of aromatic amines is 1. The average Bonchev–Trinajstić information content (AvgIpc) is 3.79. The molecule has 1 saturated heterocycles. The first-order valence-corrected chi connectivity index (χ1v) is 25.3. The summed E-state index contributed by atoms with van der Waals surface area (Å²) in [5.74, 6) is -8.08. The molecule has 0 spiro atoms. The van der Waals surface area contributed by atoms with Gasteiger partial charge < -0.3 is 81.5 Å². The highest BCUT2D eigenvalue weighted by Gasteiger charge is 2.35. The van der Waals surface area contributed by atoms with Gasteiger partial charge in [0, 0.05) is 76.4 Å². The number of nitrogens with two attached hydrogens (primary N) is 5. The lowest BCUT2D eigenvalue weighted by Gasteiger charge is -2.28. The van der Waals surface area contributed by atoms with Crippen molar-refractivity contribution in [1.29, 1.82) is 0 Å². The maximum atomic E-state index is 14.7. The van der Waals surface area contributed by atoms with Crippen molar-refractivity contribution in [2.24, 2.45) is 38.7 Å². The first-order chi connectivity index (χ1) is 36.7. The number of guanidine groups is 2. The zero-order chi connectivity index (χ0) is 56.4. The van der Waals surface area contributed by atoms with Crippen molar-refractivity contribution in [1.82, 2.24) is 52.8 Å². The van der Waals surface area contributed by atoms with Gasteiger partial charge >= 0.3 is 0 Å². The highest BCUT2D eigenvalue weighted by molar-refractivity contribution is 5.98. The van der Waals surface area contributed by atoms with Crippen molar-refractivity contribution in [3.63, 3.8) is 0 Å². The van der Waals surface area contributed by atoms with E-state index in [2.05, 4.69) is 62.8 Å². The Morgan fingerprint density at radius 1 is 0.662 bits per heavy atom. The van der Waals surface area contributed by atoms with E-state index in [1.807, 2.05) is 18.2 Å². The van der Waals surface area contributed by atoms with Gasteiger partial charge in [-0.25, -0.2) is 0 Å². The Kier molecular flexibility index (Phi) is 24.6. The Morgan fingerprint density at radius 3 is 1.90 bits per heavy atom. The number of hydrogen-bond acceptors (Lipinski definition) is 12. The van der Waals surface area contributed by atoms with E-state index in [-0.39, 0.29) is 109 Å². The summed E-state index contributed by atoms with van der Waals surface area (Å²) in [7, 11) is 0. The number of primary amides is 1. The molecular formula is C50H73N17O10. The SMILES string of the molecule is CC(=O)NCCC1NC(=O)C(NC(=O)C(CCCN=C(N)N)NC(C)=O)CCC(=O)NCCCC(C(N)=O)NC(=O)C(Cc2c[nH]c3ccccc23)NC(=O)C(CCCN=C(N)N)NC(=O)C(Cc2ccccc2)NC1=O. The fourth-order valence-corrected chi connectivity index (χ4v) is 8.33. The molecule has 77 heavy (non-hydrogen) atoms. The van der Waals surface area contributed by atoms with Gasteiger partial charge in [0.1, 0.15) is 42.3 Å². The Bertz CT molecular complexity index is 2600. The zero-order valence-corrected chi connectivity index (χ0v) is 43.3. The van der Waals surface area contributed by atoms with Crippen molar-refractivity contribution in [2.75, 3.05) is 26.2 Å². The third-order valence-electron chi connectivity index (χ3n) is 12.2. The second-order valence-corrected chi connectivity index (χ2v) is 18.5. The molecule has 27 heteroatoms. The number of para-hydroxylation sites is 1. The van der Waals surface area contributed by atoms with E-state index in [1.54, 1.807) is 42.6 Å². The van der Waals surface area contributed by atoms with E-state index in [0.29, 0.717) is 11.1 Å². The molecule has 3 aromatic rings. The molecule has 2 aromatic carbocycles. The fraction of sp³-hybridized carbons (Fsp3) is 0.480. The quantitative estimate of drug-likeness (QED) is 0.0311. The predicted octanol–water partition coefficient (Wildman–Crippen LogP) is -3.82. The third kappa shape index (κ3) is 21.5. The molecule has 2 heterocycles. The minimum absolute atomic E-state index is 0.0277. The molecule has 27 nitrogen and oxygen atoms in total. The largest absolute Gasteiger partial charge is 0.370 e. The molecule has 0 saturated carbocycles. The highest BCUT2D eigenvalue weighted by Crippen LogP contribution is 2.20. The lowest BCUT2D eigenvalue weighted by atomic mass is 10.0. The Morgan fingerprint density at radius 2 is 1.25 bits per heavy atom. The molecule has 1 aromatic heterocycles. The van der Waals surface area contributed by atoms with E-state index in [1.165, 1.54) is 13.8 Å². The van der Waals surface area contributed by atoms with Crippen molar-refractivity contribution >= 4 is 81.9 Å². The standard InChI is InChI=1S/C50H73N17O10/c1-28(68)56-24-20-38-46(75)66-39(25-30-11-4-3-5-12-30)47(76)63-36(17-10-23-59-50(54)55)44(73)67-40(26-31-27-60-33-14-7-6-13-32(31)33)48(77)62-34(42(51)71)15-8-21-57-41(70)19-18-37(45(74)65-38)64-43(72)35(61-29(2)69)16-9-22-58-49(52)53/h3-7,11-14,27,34-40,60H,8-10,15-26H2,1-2H3,(H2,51,71)(H,56,68)(H,57,70)(H,61,69)(H,62,77)(H,63,76)(H,64,72)(H,65,74)(H,66,75)(H,67,73)(H4,52,53,58)(H4,54,55,59). The maximum Gasteiger partial charge on any atom is 0.243 e. The lowest BCUT2D eigenvalue weighted by molar-refractivity contribution is -0.136. The van der Waals surface area contributed by atoms with Gasteiger partial charge in [0.2, 0.25) is 59.1 Å². The number of fused-ring (bicyclic) bond motifs is 1. The molecule has 0 bridgehead atoms. The predicted molar refractivity (Wildman–Crippen MR) is 285 cm³/mol. The van der Waals surface area contributed by atoms with Crippen LogP contribution >= 0.6 is 0 Å². The Hall–Kier alpha value is -8.78. The van der Waals surface area contributed by atoms with Gasteiger partial charge in [-0.3, -0.25) is 57.9 Å². The van der Waals surface area contributed by atoms with Gasteiger partial charge in [-0.1, -0.05) is 48.5 Å². The van der Waals surface area contributed by atoms with Crippen LogP contribution in [-0.2, 0) is 60.8 Å². The van der Waals surface area contributed by atoms with Crippen LogP contribution in [0.4, 0.5) is 0 Å². The molecule has 418 valence electrons. The van der Waals surface area contributed by atoms with Crippen LogP contribution in [0.1, 0.15) is 82.8 Å². The summed E-state index contributed by atoms with van der Waals surface area (Å²) < 4.78 is 0. The zero-order valence-electron chi connectivity index (χ0n) is 43.3. The number of amides is 10. The van der Waals surface area contributed by atoms with Crippen molar-refractivity contribution < 1.29 is 47.9 Å². The molecule has 1 fully saturated rings. The maximum absolute atomic E-state index is 14.7. The number of nitrogens with one attached hydrogen (secondary N) is 10. The number of H-pyrrole nitrogens is 1. The summed E-state index contributed by atoms with van der Waals surface area (Å²) in [5.41, 5.74) is 29.8. The van der Waals surface area contributed by atoms with Crippen LogP contribution < -0.4 is 76.5 Å². The van der Waals surface area contributed by atoms with E-state index in [9.17, 15) is 47.9 Å². The van der Waals surface area contributed by atoms with Crippen LogP contribution in [0.2, 0.25) is 0 Å². The first kappa shape index (κ1) is 60.8. The first-order valence-electron chi connectivity index (χ1n) is 25.3. The molecule has 0 aliphatic carbocycles. The average molecular weight is 1070 g/mol. The van der Waals surface area contributed by atoms with E-state index < -0.39 is 101 Å². The number of aromatic nitrogens is 1. The summed E-state index contributed by atoms with van der Waals surface area (Å²) in [6.07, 6.45) is 0.863. The van der Waals surface area contributed by atoms with Crippen molar-refractivity contribution in [2.45, 2.75) is 127 Å². The smallest absolute Gasteiger partial charge is 0.243 e. The number of aliphatic imine (C=N–C) groups is 2. The number of hydrogen-bond donors (Lipinski definition) is 15. The van der Waals surface area contributed by atoms with E-state index in [0.717, 1.165) is 10.9 Å². The van der Waals surface area contributed by atoms with Gasteiger partial charge in [-0.2, -0.15) is 0 Å². The number of benzene rings is 2. The van der Waals surface area contributed by atoms with E-state index >= 15 is 0 Å². The topological polar surface area (TPSA) is 450 Å². The van der Waals surface area contributed by atoms with Crippen LogP contribution in [0.3, 0.4) is 0 Å². The number of nitrogens with zero attached hydrogens (tertiary/aromatic N) is 2. The van der Waals surface area contributed by atoms with Gasteiger partial charge in [0.05, 0.1) is 0 Å². The van der Waals surface area contributed by atoms with Crippen LogP contribution in [0.5, 0.6) is 0 Å². The van der Waals surface area contributed by atoms with E-state index in [4.69, 9.17) is 28.7 Å². The third-order valence-corrected chi connectivity index (χ3v) is 12.2. The minimum Gasteiger partial charge on any atom is -0.370 e. The second kappa shape index (κ2) is 31.2. The monoisotopic (exact) mass is 1070 g/mol. The minimum atomic E-state index is -1.52. The molecule has 1 aliphatic heterocycles. The van der Waals surface area contributed by atoms with Gasteiger partial charge in [-0.05, 0) is 68.6 Å². The lowest BCUT2D eigenvalue weighted by Crippen LogP contribution is -2.60. The molecule has 7 unspecified atom stereocenters. The molecular weight excluding hydrogens is 999 g/mol. The van der Waals surface area contributed by atoms with Gasteiger partial charge in [0.15, 0.2) is 11.9 Å². The molecule has 20 N–H and O–H groups in total. The molecule has 10 amide bonds. The molecule has 0 radical (unpaired) electrons. The van der Waals surface area contributed by atoms with Crippen LogP contribution in [0, 0.1) is 0 Å². The normalized spacial score (nSPS) is 20.8. The highest BCUT2D eigenvalue weighted by atomic mass is 16.2. The fourth-order valence-electron chi connectivity index (χ4n) is 8.33. The second-order valence-electron chi connectivity index (χ2n) is 18.5. The summed E-state index contributed by atoms with van der Waals surface area (Å²) in [5, 5.41) is 24.6. The summed E-state index contributed by atoms with van der Waals surface area (Å²) in [6.45, 7) is 2.40. The van der Waals surface area contributed by atoms with Gasteiger partial charge in [0.25, 0.3) is 0 Å². The summed E-state index contributed by atoms with van der Waals surface area (Å²) >= 11 is 0. The van der Waals surface area contributed by atoms with Crippen LogP contribution in [-0.4, -0.2) is 144 Å². The Balaban J connectivity index is 1.79. The molecule has 1 aliphatic rings. The number of rotatable bonds is 19. The van der Waals surface area contributed by atoms with Crippen LogP contribution in [0.25, 0.3) is 10.9 Å². The Labute approximate surface area is 445 Å².